The molecule has 0 amide bonds. The Morgan fingerprint density at radius 2 is 1.75 bits per heavy atom. The van der Waals surface area contributed by atoms with E-state index in [0.717, 1.165) is 0 Å². The molecule has 2 aromatic carbocycles. The Labute approximate surface area is 279 Å². The maximum atomic E-state index is 14.0. The zero-order chi connectivity index (χ0) is 34.6. The highest BCUT2D eigenvalue weighted by atomic mass is 16.6. The number of esters is 2. The molecule has 11 heteroatoms. The van der Waals surface area contributed by atoms with Crippen LogP contribution < -0.4 is 10.1 Å². The molecule has 5 atom stereocenters. The Morgan fingerprint density at radius 1 is 1.02 bits per heavy atom. The number of cyclic esters (lactones) is 1. The van der Waals surface area contributed by atoms with Gasteiger partial charge in [-0.15, -0.1) is 0 Å². The third-order valence-electron chi connectivity index (χ3n) is 9.51. The second kappa shape index (κ2) is 14.9. The van der Waals surface area contributed by atoms with Gasteiger partial charge in [0.2, 0.25) is 0 Å². The van der Waals surface area contributed by atoms with E-state index < -0.39 is 48.2 Å². The summed E-state index contributed by atoms with van der Waals surface area (Å²) < 4.78 is 11.5. The van der Waals surface area contributed by atoms with Gasteiger partial charge in [-0.25, -0.2) is 4.79 Å². The van der Waals surface area contributed by atoms with Crippen molar-refractivity contribution in [2.24, 2.45) is 5.92 Å². The highest BCUT2D eigenvalue weighted by Gasteiger charge is 2.44. The van der Waals surface area contributed by atoms with Crippen molar-refractivity contribution in [2.45, 2.75) is 95.0 Å². The van der Waals surface area contributed by atoms with Crippen molar-refractivity contribution in [3.63, 3.8) is 0 Å². The molecule has 0 radical (unpaired) electrons. The molecule has 1 fully saturated rings. The van der Waals surface area contributed by atoms with Crippen LogP contribution in [0, 0.1) is 17.8 Å². The summed E-state index contributed by atoms with van der Waals surface area (Å²) in [7, 11) is 0. The number of Topliss-reactive ketones (excluding diaryl/α,β-unsaturated/α-hetero) is 1. The fourth-order valence-corrected chi connectivity index (χ4v) is 6.70. The molecule has 0 aromatic heterocycles. The molecule has 256 valence electrons. The number of carbonyl (C=O) groups is 3. The van der Waals surface area contributed by atoms with Crippen LogP contribution in [0.4, 0.5) is 5.69 Å². The average molecular weight is 662 g/mol. The van der Waals surface area contributed by atoms with E-state index in [0.29, 0.717) is 53.6 Å². The number of hydrogen-bond acceptors (Lipinski definition) is 11. The lowest BCUT2D eigenvalue weighted by molar-refractivity contribution is -0.169. The van der Waals surface area contributed by atoms with Crippen molar-refractivity contribution in [1.82, 2.24) is 0 Å². The predicted molar refractivity (Wildman–Crippen MR) is 175 cm³/mol. The van der Waals surface area contributed by atoms with Crippen LogP contribution >= 0.6 is 0 Å². The first kappa shape index (κ1) is 35.1. The molecule has 1 saturated carbocycles. The normalized spacial score (nSPS) is 24.5. The third-order valence-corrected chi connectivity index (χ3v) is 9.51. The van der Waals surface area contributed by atoms with Crippen LogP contribution in [0.2, 0.25) is 0 Å². The third kappa shape index (κ3) is 8.08. The van der Waals surface area contributed by atoms with Gasteiger partial charge in [0, 0.05) is 54.6 Å². The van der Waals surface area contributed by atoms with Gasteiger partial charge in [-0.3, -0.25) is 9.59 Å². The van der Waals surface area contributed by atoms with Gasteiger partial charge >= 0.3 is 11.9 Å². The van der Waals surface area contributed by atoms with Gasteiger partial charge in [-0.2, -0.15) is 0 Å². The summed E-state index contributed by atoms with van der Waals surface area (Å²) in [4.78, 5) is 38.6. The molecule has 5 rings (SSSR count). The number of phenolic OH excluding ortho intramolecular Hbond substituents is 1. The lowest BCUT2D eigenvalue weighted by Gasteiger charge is -2.40. The Hall–Kier alpha value is -4.21. The van der Waals surface area contributed by atoms with Crippen LogP contribution in [0.5, 0.6) is 11.5 Å². The standard InChI is InChI=1S/C37H43NO10/c1-21(41)19-38-29-12-22(20-40)11-26(14-29)23-3-4-24-17-35(44)47-33-18-32(43)27(15-31(24)33)16-34(48-36(45)25(13-23)9-10-39)37(2,46)28-5-7-30(42)8-6-28/h9,11-12,14-15,18,21,23-24,28,34,38-41,43,46H,5-8,10,13,16-17,19-20H2,1-2H3/t21-,23+,24-,34+,37-/m0/s1. The fraction of sp³-hybridized carbons (Fsp3) is 0.486. The van der Waals surface area contributed by atoms with Crippen molar-refractivity contribution >= 4 is 23.4 Å². The number of nitrogens with one attached hydrogen (secondary N) is 1. The number of fused-ring (bicyclic) bond motifs is 1. The van der Waals surface area contributed by atoms with Crippen LogP contribution in [0.25, 0.3) is 0 Å². The van der Waals surface area contributed by atoms with Crippen molar-refractivity contribution < 1.29 is 49.4 Å². The summed E-state index contributed by atoms with van der Waals surface area (Å²) in [6.07, 6.45) is 0.806. The molecule has 2 heterocycles. The van der Waals surface area contributed by atoms with Crippen molar-refractivity contribution in [2.75, 3.05) is 18.5 Å². The molecule has 48 heavy (non-hydrogen) atoms. The minimum absolute atomic E-state index is 0.0171. The van der Waals surface area contributed by atoms with Crippen LogP contribution in [-0.4, -0.2) is 74.2 Å². The average Bonchev–Trinajstić information content (AvgIpc) is 3.05. The second-order valence-electron chi connectivity index (χ2n) is 13.2. The summed E-state index contributed by atoms with van der Waals surface area (Å²) in [6, 6.07) is 8.30. The van der Waals surface area contributed by atoms with E-state index in [1.54, 1.807) is 38.1 Å². The first-order valence-electron chi connectivity index (χ1n) is 16.4. The largest absolute Gasteiger partial charge is 0.508 e. The zero-order valence-electron chi connectivity index (χ0n) is 27.2. The fourth-order valence-electron chi connectivity index (χ4n) is 6.70. The Morgan fingerprint density at radius 3 is 2.44 bits per heavy atom. The first-order chi connectivity index (χ1) is 22.9. The number of ketones is 1. The molecule has 2 bridgehead atoms. The number of carbonyl (C=O) groups excluding carboxylic acids is 3. The molecular weight excluding hydrogens is 618 g/mol. The quantitative estimate of drug-likeness (QED) is 0.106. The van der Waals surface area contributed by atoms with E-state index in [1.807, 2.05) is 0 Å². The molecule has 1 aliphatic carbocycles. The first-order valence-corrected chi connectivity index (χ1v) is 16.4. The van der Waals surface area contributed by atoms with Crippen LogP contribution in [0.1, 0.15) is 86.5 Å². The maximum absolute atomic E-state index is 14.0. The van der Waals surface area contributed by atoms with Crippen molar-refractivity contribution in [3.8, 4) is 23.3 Å². The van der Waals surface area contributed by atoms with Gasteiger partial charge in [-0.1, -0.05) is 17.9 Å². The van der Waals surface area contributed by atoms with Gasteiger partial charge in [0.15, 0.2) is 0 Å². The molecular formula is C37H43NO10. The molecule has 6 N–H and O–H groups in total. The predicted octanol–water partition coefficient (Wildman–Crippen LogP) is 3.14. The summed E-state index contributed by atoms with van der Waals surface area (Å²) in [5.41, 5.74) is 1.25. The second-order valence-corrected chi connectivity index (χ2v) is 13.2. The van der Waals surface area contributed by atoms with E-state index in [1.165, 1.54) is 12.1 Å². The SMILES string of the molecule is C[C@H](O)CNc1cc(CO)cc([C@@H]2C#C[C@H]3CC(=O)Oc4cc(O)c(cc43)C[C@H]([C@@](C)(O)C3CCC(=O)CC3)OC(=O)C(=CCO)C2)c1. The number of aromatic hydroxyl groups is 1. The molecule has 0 unspecified atom stereocenters. The lowest BCUT2D eigenvalue weighted by atomic mass is 9.73. The number of benzene rings is 2. The lowest BCUT2D eigenvalue weighted by Crippen LogP contribution is -2.50. The number of anilines is 1. The monoisotopic (exact) mass is 661 g/mol. The van der Waals surface area contributed by atoms with Gasteiger partial charge in [0.25, 0.3) is 0 Å². The molecule has 0 saturated heterocycles. The highest BCUT2D eigenvalue weighted by molar-refractivity contribution is 5.89. The highest BCUT2D eigenvalue weighted by Crippen LogP contribution is 2.42. The van der Waals surface area contributed by atoms with Gasteiger partial charge in [0.05, 0.1) is 31.7 Å². The summed E-state index contributed by atoms with van der Waals surface area (Å²) in [6.45, 7) is 2.70. The van der Waals surface area contributed by atoms with Crippen LogP contribution in [0.15, 0.2) is 42.0 Å². The Kier molecular flexibility index (Phi) is 10.9. The smallest absolute Gasteiger partial charge is 0.334 e. The van der Waals surface area contributed by atoms with Gasteiger partial charge in [0.1, 0.15) is 29.0 Å². The summed E-state index contributed by atoms with van der Waals surface area (Å²) in [5, 5.41) is 56.0. The van der Waals surface area contributed by atoms with Gasteiger partial charge in [-0.05, 0) is 80.0 Å². The van der Waals surface area contributed by atoms with Crippen LogP contribution in [-0.2, 0) is 32.1 Å². The topological polar surface area (TPSA) is 183 Å². The number of phenols is 1. The number of aliphatic hydroxyl groups is 4. The number of aliphatic hydroxyl groups excluding tert-OH is 3. The molecule has 0 spiro atoms. The zero-order valence-corrected chi connectivity index (χ0v) is 27.2. The summed E-state index contributed by atoms with van der Waals surface area (Å²) >= 11 is 0. The number of hydrogen-bond donors (Lipinski definition) is 6. The van der Waals surface area contributed by atoms with Crippen molar-refractivity contribution in [1.29, 1.82) is 0 Å². The molecule has 11 nitrogen and oxygen atoms in total. The van der Waals surface area contributed by atoms with Gasteiger partial charge < -0.3 is 40.3 Å². The minimum Gasteiger partial charge on any atom is -0.508 e. The Balaban J connectivity index is 1.64. The van der Waals surface area contributed by atoms with Crippen LogP contribution in [0.3, 0.4) is 0 Å². The number of rotatable bonds is 8. The molecule has 3 aliphatic rings. The van der Waals surface area contributed by atoms with E-state index in [4.69, 9.17) is 9.47 Å². The molecule has 2 aromatic rings. The Bertz CT molecular complexity index is 1640. The van der Waals surface area contributed by atoms with E-state index >= 15 is 0 Å². The minimum atomic E-state index is -1.59. The molecule has 2 aliphatic heterocycles. The number of ether oxygens (including phenoxy) is 2. The van der Waals surface area contributed by atoms with E-state index in [2.05, 4.69) is 17.2 Å². The van der Waals surface area contributed by atoms with E-state index in [9.17, 15) is 39.9 Å². The maximum Gasteiger partial charge on any atom is 0.334 e. The summed E-state index contributed by atoms with van der Waals surface area (Å²) in [5.74, 6) is 3.54. The van der Waals surface area contributed by atoms with Crippen molar-refractivity contribution in [3.05, 3.63) is 64.2 Å². The van der Waals surface area contributed by atoms with E-state index in [-0.39, 0.29) is 61.2 Å².